The molecule has 0 aliphatic carbocycles. The van der Waals surface area contributed by atoms with Gasteiger partial charge in [-0.15, -0.1) is 0 Å². The van der Waals surface area contributed by atoms with Crippen molar-refractivity contribution < 1.29 is 9.59 Å². The Morgan fingerprint density at radius 2 is 1.70 bits per heavy atom. The molecule has 20 heavy (non-hydrogen) atoms. The predicted molar refractivity (Wildman–Crippen MR) is 77.0 cm³/mol. The number of nitrogens with zero attached hydrogens (tertiary/aromatic N) is 3. The van der Waals surface area contributed by atoms with Crippen molar-refractivity contribution in [2.24, 2.45) is 11.7 Å². The summed E-state index contributed by atoms with van der Waals surface area (Å²) in [5.74, 6) is 0.795. The third kappa shape index (κ3) is 3.70. The molecule has 0 saturated carbocycles. The summed E-state index contributed by atoms with van der Waals surface area (Å²) in [4.78, 5) is 29.3. The maximum atomic E-state index is 12.3. The smallest absolute Gasteiger partial charge is 0.236 e. The molecule has 2 heterocycles. The van der Waals surface area contributed by atoms with Gasteiger partial charge in [0.1, 0.15) is 0 Å². The Morgan fingerprint density at radius 1 is 1.10 bits per heavy atom. The number of piperidine rings is 1. The second-order valence-electron chi connectivity index (χ2n) is 6.05. The quantitative estimate of drug-likeness (QED) is 0.730. The number of hydrogen-bond acceptors (Lipinski definition) is 4. The van der Waals surface area contributed by atoms with E-state index in [4.69, 9.17) is 5.73 Å². The molecule has 0 bridgehead atoms. The third-order valence-electron chi connectivity index (χ3n) is 4.54. The van der Waals surface area contributed by atoms with E-state index in [1.165, 1.54) is 0 Å². The van der Waals surface area contributed by atoms with Crippen LogP contribution in [0.5, 0.6) is 0 Å². The fraction of sp³-hybridized carbons (Fsp3) is 0.857. The second kappa shape index (κ2) is 6.54. The van der Waals surface area contributed by atoms with Crippen LogP contribution in [0.25, 0.3) is 0 Å². The van der Waals surface area contributed by atoms with Crippen LogP contribution in [-0.4, -0.2) is 78.4 Å². The van der Waals surface area contributed by atoms with Crippen molar-refractivity contribution in [2.45, 2.75) is 26.3 Å². The molecule has 0 radical (unpaired) electrons. The van der Waals surface area contributed by atoms with E-state index in [9.17, 15) is 9.59 Å². The van der Waals surface area contributed by atoms with Gasteiger partial charge in [0.25, 0.3) is 0 Å². The van der Waals surface area contributed by atoms with Crippen LogP contribution in [-0.2, 0) is 9.59 Å². The molecule has 2 saturated heterocycles. The van der Waals surface area contributed by atoms with E-state index < -0.39 is 0 Å². The van der Waals surface area contributed by atoms with Gasteiger partial charge in [-0.1, -0.05) is 6.92 Å². The van der Waals surface area contributed by atoms with Crippen molar-refractivity contribution in [3.8, 4) is 0 Å². The predicted octanol–water partition coefficient (Wildman–Crippen LogP) is -0.654. The summed E-state index contributed by atoms with van der Waals surface area (Å²) in [5, 5.41) is 0. The molecule has 2 atom stereocenters. The van der Waals surface area contributed by atoms with Crippen molar-refractivity contribution in [3.05, 3.63) is 0 Å². The molecule has 0 aromatic heterocycles. The lowest BCUT2D eigenvalue weighted by Gasteiger charge is -2.38. The Kier molecular flexibility index (Phi) is 4.99. The van der Waals surface area contributed by atoms with Gasteiger partial charge in [-0.2, -0.15) is 0 Å². The van der Waals surface area contributed by atoms with Gasteiger partial charge >= 0.3 is 0 Å². The first-order valence-corrected chi connectivity index (χ1v) is 7.48. The fourth-order valence-corrected chi connectivity index (χ4v) is 2.88. The summed E-state index contributed by atoms with van der Waals surface area (Å²) in [5.41, 5.74) is 6.06. The third-order valence-corrected chi connectivity index (χ3v) is 4.54. The Balaban J connectivity index is 1.77. The molecule has 2 fully saturated rings. The lowest BCUT2D eigenvalue weighted by atomic mass is 9.94. The van der Waals surface area contributed by atoms with Gasteiger partial charge in [0, 0.05) is 45.7 Å². The molecule has 2 amide bonds. The van der Waals surface area contributed by atoms with Crippen LogP contribution in [0.15, 0.2) is 0 Å². The van der Waals surface area contributed by atoms with Crippen LogP contribution in [0.3, 0.4) is 0 Å². The molecule has 0 aromatic rings. The lowest BCUT2D eigenvalue weighted by Crippen LogP contribution is -2.54. The van der Waals surface area contributed by atoms with Gasteiger partial charge in [-0.05, 0) is 18.9 Å². The Hall–Kier alpha value is -1.14. The number of piperazine rings is 1. The van der Waals surface area contributed by atoms with Gasteiger partial charge in [0.15, 0.2) is 0 Å². The summed E-state index contributed by atoms with van der Waals surface area (Å²) >= 11 is 0. The average Bonchev–Trinajstić information content (AvgIpc) is 2.43. The fourth-order valence-electron chi connectivity index (χ4n) is 2.88. The summed E-state index contributed by atoms with van der Waals surface area (Å²) < 4.78 is 0. The van der Waals surface area contributed by atoms with Crippen LogP contribution < -0.4 is 5.73 Å². The van der Waals surface area contributed by atoms with Crippen LogP contribution in [0.4, 0.5) is 0 Å². The highest BCUT2D eigenvalue weighted by molar-refractivity contribution is 5.79. The lowest BCUT2D eigenvalue weighted by molar-refractivity contribution is -0.139. The second-order valence-corrected chi connectivity index (χ2v) is 6.05. The van der Waals surface area contributed by atoms with E-state index in [0.717, 1.165) is 19.5 Å². The van der Waals surface area contributed by atoms with Gasteiger partial charge in [-0.25, -0.2) is 0 Å². The number of amides is 2. The SMILES string of the molecule is CC(=O)N1CCN(C(=O)CN2CCC(C)C(N)C2)CC1. The largest absolute Gasteiger partial charge is 0.339 e. The highest BCUT2D eigenvalue weighted by Gasteiger charge is 2.27. The summed E-state index contributed by atoms with van der Waals surface area (Å²) in [7, 11) is 0. The molecule has 114 valence electrons. The van der Waals surface area contributed by atoms with Crippen molar-refractivity contribution >= 4 is 11.8 Å². The van der Waals surface area contributed by atoms with Crippen LogP contribution in [0, 0.1) is 5.92 Å². The van der Waals surface area contributed by atoms with Gasteiger partial charge < -0.3 is 15.5 Å². The topological polar surface area (TPSA) is 69.9 Å². The van der Waals surface area contributed by atoms with Crippen molar-refractivity contribution in [1.29, 1.82) is 0 Å². The van der Waals surface area contributed by atoms with Gasteiger partial charge in [0.2, 0.25) is 11.8 Å². The number of carbonyl (C=O) groups excluding carboxylic acids is 2. The molecule has 2 rings (SSSR count). The first-order valence-electron chi connectivity index (χ1n) is 7.48. The maximum Gasteiger partial charge on any atom is 0.236 e. The molecule has 0 aromatic carbocycles. The highest BCUT2D eigenvalue weighted by atomic mass is 16.2. The van der Waals surface area contributed by atoms with E-state index in [2.05, 4.69) is 11.8 Å². The minimum Gasteiger partial charge on any atom is -0.339 e. The zero-order chi connectivity index (χ0) is 14.7. The standard InChI is InChI=1S/C14H26N4O2/c1-11-3-4-16(9-13(11)15)10-14(20)18-7-5-17(6-8-18)12(2)19/h11,13H,3-10,15H2,1-2H3. The van der Waals surface area contributed by atoms with Crippen LogP contribution >= 0.6 is 0 Å². The monoisotopic (exact) mass is 282 g/mol. The first kappa shape index (κ1) is 15.3. The minimum atomic E-state index is 0.0908. The van der Waals surface area contributed by atoms with Gasteiger partial charge in [-0.3, -0.25) is 14.5 Å². The zero-order valence-electron chi connectivity index (χ0n) is 12.5. The molecule has 6 nitrogen and oxygen atoms in total. The molecule has 2 N–H and O–H groups in total. The molecular weight excluding hydrogens is 256 g/mol. The molecule has 0 spiro atoms. The molecule has 6 heteroatoms. The van der Waals surface area contributed by atoms with Crippen molar-refractivity contribution in [1.82, 2.24) is 14.7 Å². The van der Waals surface area contributed by atoms with E-state index in [1.807, 2.05) is 4.90 Å². The number of carbonyl (C=O) groups is 2. The number of nitrogens with two attached hydrogens (primary N) is 1. The number of likely N-dealkylation sites (tertiary alicyclic amines) is 1. The highest BCUT2D eigenvalue weighted by Crippen LogP contribution is 2.15. The van der Waals surface area contributed by atoms with Crippen molar-refractivity contribution in [3.63, 3.8) is 0 Å². The average molecular weight is 282 g/mol. The molecule has 2 aliphatic heterocycles. The van der Waals surface area contributed by atoms with Crippen molar-refractivity contribution in [2.75, 3.05) is 45.8 Å². The number of rotatable bonds is 2. The van der Waals surface area contributed by atoms with E-state index >= 15 is 0 Å². The summed E-state index contributed by atoms with van der Waals surface area (Å²) in [6, 6.07) is 0.172. The molecule has 2 unspecified atom stereocenters. The molecular formula is C14H26N4O2. The Bertz CT molecular complexity index is 366. The molecule has 2 aliphatic rings. The normalized spacial score (nSPS) is 28.6. The van der Waals surface area contributed by atoms with E-state index in [1.54, 1.807) is 11.8 Å². The summed E-state index contributed by atoms with van der Waals surface area (Å²) in [6.07, 6.45) is 1.06. The van der Waals surface area contributed by atoms with E-state index in [0.29, 0.717) is 38.6 Å². The van der Waals surface area contributed by atoms with E-state index in [-0.39, 0.29) is 17.9 Å². The Morgan fingerprint density at radius 3 is 2.25 bits per heavy atom. The summed E-state index contributed by atoms with van der Waals surface area (Å²) in [6.45, 7) is 8.56. The number of hydrogen-bond donors (Lipinski definition) is 1. The van der Waals surface area contributed by atoms with Crippen LogP contribution in [0.1, 0.15) is 20.3 Å². The zero-order valence-corrected chi connectivity index (χ0v) is 12.5. The minimum absolute atomic E-state index is 0.0908. The van der Waals surface area contributed by atoms with Crippen LogP contribution in [0.2, 0.25) is 0 Å². The Labute approximate surface area is 120 Å². The van der Waals surface area contributed by atoms with Gasteiger partial charge in [0.05, 0.1) is 6.54 Å². The first-order chi connectivity index (χ1) is 9.47. The maximum absolute atomic E-state index is 12.3.